The van der Waals surface area contributed by atoms with E-state index < -0.39 is 17.8 Å². The zero-order chi connectivity index (χ0) is 22.5. The molecule has 2 heterocycles. The molecule has 0 spiro atoms. The number of anilines is 2. The molecule has 0 aliphatic heterocycles. The first-order valence-corrected chi connectivity index (χ1v) is 11.3. The van der Waals surface area contributed by atoms with Crippen molar-refractivity contribution >= 4 is 27.5 Å². The highest BCUT2D eigenvalue weighted by Crippen LogP contribution is 2.33. The lowest BCUT2D eigenvalue weighted by Gasteiger charge is -2.28. The van der Waals surface area contributed by atoms with Crippen LogP contribution >= 0.6 is 11.3 Å². The Balaban J connectivity index is 1.33. The number of methoxy groups -OCH3 is 1. The minimum absolute atomic E-state index is 0.188. The molecule has 2 N–H and O–H groups in total. The zero-order valence-corrected chi connectivity index (χ0v) is 18.7. The van der Waals surface area contributed by atoms with Gasteiger partial charge in [-0.25, -0.2) is 4.39 Å². The van der Waals surface area contributed by atoms with Gasteiger partial charge in [-0.1, -0.05) is 29.0 Å². The van der Waals surface area contributed by atoms with Gasteiger partial charge in [-0.05, 0) is 50.8 Å². The van der Waals surface area contributed by atoms with Gasteiger partial charge in [0.05, 0.1) is 5.69 Å². The van der Waals surface area contributed by atoms with Crippen LogP contribution in [-0.4, -0.2) is 39.5 Å². The van der Waals surface area contributed by atoms with Crippen LogP contribution in [0.25, 0.3) is 0 Å². The first kappa shape index (κ1) is 22.2. The molecule has 3 aromatic rings. The number of aryl methyl sites for hydroxylation is 1. The van der Waals surface area contributed by atoms with Crippen LogP contribution in [-0.2, 0) is 9.53 Å². The molecular formula is C22H25FN6O2S. The van der Waals surface area contributed by atoms with Gasteiger partial charge in [0.15, 0.2) is 6.10 Å². The number of carbonyl (C=O) groups excluding carboxylic acids is 1. The van der Waals surface area contributed by atoms with Crippen LogP contribution in [0, 0.1) is 12.7 Å². The second-order valence-corrected chi connectivity index (χ2v) is 8.86. The van der Waals surface area contributed by atoms with Crippen LogP contribution in [0.2, 0.25) is 0 Å². The number of carbonyl (C=O) groups is 1. The first-order valence-electron chi connectivity index (χ1n) is 10.5. The Morgan fingerprint density at radius 1 is 1.16 bits per heavy atom. The van der Waals surface area contributed by atoms with Gasteiger partial charge in [-0.2, -0.15) is 10.2 Å². The molecule has 0 bridgehead atoms. The number of amides is 1. The third kappa shape index (κ3) is 5.25. The van der Waals surface area contributed by atoms with E-state index in [1.807, 2.05) is 19.1 Å². The van der Waals surface area contributed by atoms with Gasteiger partial charge in [-0.3, -0.25) is 10.1 Å². The van der Waals surface area contributed by atoms with Crippen LogP contribution in [0.15, 0.2) is 36.5 Å². The van der Waals surface area contributed by atoms with E-state index in [4.69, 9.17) is 4.74 Å². The molecule has 1 aromatic carbocycles. The molecule has 2 aromatic heterocycles. The number of hydrogen-bond donors (Lipinski definition) is 2. The summed E-state index contributed by atoms with van der Waals surface area (Å²) in [5, 5.41) is 23.4. The van der Waals surface area contributed by atoms with E-state index >= 15 is 0 Å². The summed E-state index contributed by atoms with van der Waals surface area (Å²) in [6, 6.07) is 8.82. The molecule has 1 saturated carbocycles. The molecule has 32 heavy (non-hydrogen) atoms. The van der Waals surface area contributed by atoms with Gasteiger partial charge in [0.1, 0.15) is 5.82 Å². The van der Waals surface area contributed by atoms with E-state index in [1.165, 1.54) is 24.5 Å². The molecule has 0 saturated heterocycles. The van der Waals surface area contributed by atoms with Crippen molar-refractivity contribution in [3.63, 3.8) is 0 Å². The van der Waals surface area contributed by atoms with E-state index in [2.05, 4.69) is 31.0 Å². The fourth-order valence-electron chi connectivity index (χ4n) is 3.98. The second kappa shape index (κ2) is 10.1. The Morgan fingerprint density at radius 3 is 2.66 bits per heavy atom. The van der Waals surface area contributed by atoms with Crippen molar-refractivity contribution in [3.8, 4) is 0 Å². The molecule has 10 heteroatoms. The minimum Gasteiger partial charge on any atom is -0.367 e. The SMILES string of the molecule is CO[C@H](C(=O)Nc1nnc(NC2CCC(c3cccnn3)CC2)s1)c1cc(C)ccc1F. The van der Waals surface area contributed by atoms with E-state index in [9.17, 15) is 9.18 Å². The Labute approximate surface area is 189 Å². The van der Waals surface area contributed by atoms with Crippen LogP contribution in [0.1, 0.15) is 54.5 Å². The largest absolute Gasteiger partial charge is 0.367 e. The number of rotatable bonds is 7. The van der Waals surface area contributed by atoms with Crippen molar-refractivity contribution in [2.75, 3.05) is 17.7 Å². The lowest BCUT2D eigenvalue weighted by atomic mass is 9.84. The standard InChI is InChI=1S/C22H25FN6O2S/c1-13-5-10-17(23)16(12-13)19(31-2)20(30)26-22-29-28-21(32-22)25-15-8-6-14(7-9-15)18-4-3-11-24-27-18/h3-5,10-12,14-15,19H,6-9H2,1-2H3,(H,25,28)(H,26,29,30)/t14?,15?,19-/m0/s1. The zero-order valence-electron chi connectivity index (χ0n) is 17.9. The summed E-state index contributed by atoms with van der Waals surface area (Å²) in [5.74, 6) is -0.558. The molecule has 1 aliphatic carbocycles. The van der Waals surface area contributed by atoms with E-state index in [0.29, 0.717) is 16.2 Å². The maximum atomic E-state index is 14.2. The molecule has 4 rings (SSSR count). The smallest absolute Gasteiger partial charge is 0.260 e. The van der Waals surface area contributed by atoms with Crippen molar-refractivity contribution in [3.05, 3.63) is 59.2 Å². The van der Waals surface area contributed by atoms with Crippen LogP contribution < -0.4 is 10.6 Å². The Kier molecular flexibility index (Phi) is 7.01. The average molecular weight is 457 g/mol. The maximum absolute atomic E-state index is 14.2. The van der Waals surface area contributed by atoms with E-state index in [0.717, 1.165) is 36.9 Å². The van der Waals surface area contributed by atoms with Gasteiger partial charge in [0, 0.05) is 30.8 Å². The molecular weight excluding hydrogens is 431 g/mol. The number of nitrogens with one attached hydrogen (secondary N) is 2. The predicted octanol–water partition coefficient (Wildman–Crippen LogP) is 4.24. The van der Waals surface area contributed by atoms with Crippen molar-refractivity contribution < 1.29 is 13.9 Å². The van der Waals surface area contributed by atoms with Gasteiger partial charge < -0.3 is 10.1 Å². The monoisotopic (exact) mass is 456 g/mol. The molecule has 8 nitrogen and oxygen atoms in total. The highest BCUT2D eigenvalue weighted by atomic mass is 32.1. The maximum Gasteiger partial charge on any atom is 0.260 e. The van der Waals surface area contributed by atoms with E-state index in [-0.39, 0.29) is 11.6 Å². The van der Waals surface area contributed by atoms with Crippen molar-refractivity contribution in [1.29, 1.82) is 0 Å². The molecule has 168 valence electrons. The van der Waals surface area contributed by atoms with Crippen LogP contribution in [0.3, 0.4) is 0 Å². The van der Waals surface area contributed by atoms with Gasteiger partial charge in [0.2, 0.25) is 10.3 Å². The molecule has 1 amide bonds. The summed E-state index contributed by atoms with van der Waals surface area (Å²) < 4.78 is 19.5. The fourth-order valence-corrected chi connectivity index (χ4v) is 4.71. The third-order valence-corrected chi connectivity index (χ3v) is 6.40. The van der Waals surface area contributed by atoms with Crippen molar-refractivity contribution in [2.24, 2.45) is 0 Å². The normalized spacial score (nSPS) is 19.3. The number of hydrogen-bond acceptors (Lipinski definition) is 8. The summed E-state index contributed by atoms with van der Waals surface area (Å²) >= 11 is 1.25. The van der Waals surface area contributed by atoms with E-state index in [1.54, 1.807) is 18.3 Å². The minimum atomic E-state index is -1.08. The lowest BCUT2D eigenvalue weighted by molar-refractivity contribution is -0.126. The first-order chi connectivity index (χ1) is 15.5. The summed E-state index contributed by atoms with van der Waals surface area (Å²) in [5.41, 5.74) is 2.07. The van der Waals surface area contributed by atoms with Gasteiger partial charge in [-0.15, -0.1) is 10.2 Å². The van der Waals surface area contributed by atoms with Crippen molar-refractivity contribution in [1.82, 2.24) is 20.4 Å². The third-order valence-electron chi connectivity index (χ3n) is 5.63. The van der Waals surface area contributed by atoms with Crippen molar-refractivity contribution in [2.45, 2.75) is 50.7 Å². The van der Waals surface area contributed by atoms with Gasteiger partial charge in [0.25, 0.3) is 5.91 Å². The van der Waals surface area contributed by atoms with Gasteiger partial charge >= 0.3 is 0 Å². The summed E-state index contributed by atoms with van der Waals surface area (Å²) in [6.07, 6.45) is 4.63. The summed E-state index contributed by atoms with van der Waals surface area (Å²) in [7, 11) is 1.37. The molecule has 1 fully saturated rings. The summed E-state index contributed by atoms with van der Waals surface area (Å²) in [6.45, 7) is 1.83. The molecule has 1 aliphatic rings. The number of nitrogens with zero attached hydrogens (tertiary/aromatic N) is 4. The Morgan fingerprint density at radius 2 is 1.94 bits per heavy atom. The van der Waals surface area contributed by atoms with Crippen LogP contribution in [0.5, 0.6) is 0 Å². The predicted molar refractivity (Wildman–Crippen MR) is 120 cm³/mol. The number of aromatic nitrogens is 4. The number of benzene rings is 1. The molecule has 1 atom stereocenters. The molecule has 0 unspecified atom stereocenters. The Hall–Kier alpha value is -2.98. The quantitative estimate of drug-likeness (QED) is 0.548. The average Bonchev–Trinajstić information content (AvgIpc) is 3.24. The lowest BCUT2D eigenvalue weighted by Crippen LogP contribution is -2.25. The highest BCUT2D eigenvalue weighted by molar-refractivity contribution is 7.19. The second-order valence-electron chi connectivity index (χ2n) is 7.88. The number of ether oxygens (including phenoxy) is 1. The Bertz CT molecular complexity index is 1060. The highest BCUT2D eigenvalue weighted by Gasteiger charge is 2.26. The fraction of sp³-hybridized carbons (Fsp3) is 0.409. The topological polar surface area (TPSA) is 102 Å². The number of halogens is 1. The summed E-state index contributed by atoms with van der Waals surface area (Å²) in [4.78, 5) is 12.7. The van der Waals surface area contributed by atoms with Crippen LogP contribution in [0.4, 0.5) is 14.7 Å². The molecule has 0 radical (unpaired) electrons.